The number of carbonyl (C=O) groups excluding carboxylic acids is 1. The van der Waals surface area contributed by atoms with Crippen LogP contribution in [0.1, 0.15) is 6.92 Å². The lowest BCUT2D eigenvalue weighted by atomic mass is 10.2. The molecular weight excluding hydrogens is 421 g/mol. The molecule has 9 heteroatoms. The van der Waals surface area contributed by atoms with Crippen molar-refractivity contribution < 1.29 is 9.18 Å². The van der Waals surface area contributed by atoms with E-state index in [-0.39, 0.29) is 17.7 Å². The Bertz CT molecular complexity index is 1140. The number of rotatable bonds is 8. The van der Waals surface area contributed by atoms with E-state index in [1.165, 1.54) is 24.3 Å². The Morgan fingerprint density at radius 3 is 1.70 bits per heavy atom. The van der Waals surface area contributed by atoms with Crippen LogP contribution < -0.4 is 21.3 Å². The first kappa shape index (κ1) is 21.7. The quantitative estimate of drug-likeness (QED) is 0.306. The first-order valence-corrected chi connectivity index (χ1v) is 10.3. The van der Waals surface area contributed by atoms with Crippen LogP contribution in [-0.4, -0.2) is 26.9 Å². The van der Waals surface area contributed by atoms with Gasteiger partial charge in [0, 0.05) is 17.1 Å². The van der Waals surface area contributed by atoms with Crippen LogP contribution >= 0.6 is 0 Å². The molecule has 1 amide bonds. The minimum absolute atomic E-state index is 0.212. The highest BCUT2D eigenvalue weighted by Gasteiger charge is 2.16. The third-order valence-corrected chi connectivity index (χ3v) is 4.55. The van der Waals surface area contributed by atoms with Crippen LogP contribution in [0.2, 0.25) is 0 Å². The molecule has 4 aromatic rings. The van der Waals surface area contributed by atoms with Crippen molar-refractivity contribution >= 4 is 40.8 Å². The molecule has 0 bridgehead atoms. The number of aromatic nitrogens is 3. The van der Waals surface area contributed by atoms with E-state index in [0.717, 1.165) is 11.4 Å². The summed E-state index contributed by atoms with van der Waals surface area (Å²) in [6, 6.07) is 23.8. The Morgan fingerprint density at radius 1 is 0.697 bits per heavy atom. The molecule has 0 saturated carbocycles. The molecule has 33 heavy (non-hydrogen) atoms. The minimum atomic E-state index is -0.674. The number of hydrogen-bond acceptors (Lipinski definition) is 7. The van der Waals surface area contributed by atoms with E-state index < -0.39 is 6.04 Å². The van der Waals surface area contributed by atoms with E-state index in [1.807, 2.05) is 60.7 Å². The average Bonchev–Trinajstić information content (AvgIpc) is 2.82. The largest absolute Gasteiger partial charge is 0.342 e. The number of nitrogens with zero attached hydrogens (tertiary/aromatic N) is 3. The van der Waals surface area contributed by atoms with Gasteiger partial charge in [-0.15, -0.1) is 0 Å². The molecule has 1 heterocycles. The standard InChI is InChI=1S/C24H22FN7O/c1-16(21(33)27-20-14-12-17(25)13-15-20)26-22-30-23(28-18-8-4-2-5-9-18)32-24(31-22)29-19-10-6-3-7-11-19/h2-16H,1H3,(H,27,33)(H3,26,28,29,30,31,32)/t16-/m0/s1. The second kappa shape index (κ2) is 10.2. The van der Waals surface area contributed by atoms with Crippen molar-refractivity contribution in [2.24, 2.45) is 0 Å². The van der Waals surface area contributed by atoms with E-state index in [2.05, 4.69) is 36.2 Å². The summed E-state index contributed by atoms with van der Waals surface area (Å²) >= 11 is 0. The summed E-state index contributed by atoms with van der Waals surface area (Å²) in [7, 11) is 0. The van der Waals surface area contributed by atoms with E-state index in [4.69, 9.17) is 0 Å². The molecular formula is C24H22FN7O. The van der Waals surface area contributed by atoms with Gasteiger partial charge in [-0.2, -0.15) is 15.0 Å². The van der Waals surface area contributed by atoms with Crippen molar-refractivity contribution in [1.29, 1.82) is 0 Å². The Hall–Kier alpha value is -4.53. The second-order valence-corrected chi connectivity index (χ2v) is 7.15. The van der Waals surface area contributed by atoms with Gasteiger partial charge in [0.05, 0.1) is 0 Å². The summed E-state index contributed by atoms with van der Waals surface area (Å²) in [4.78, 5) is 25.8. The van der Waals surface area contributed by atoms with Crippen LogP contribution in [0.5, 0.6) is 0 Å². The predicted molar refractivity (Wildman–Crippen MR) is 127 cm³/mol. The van der Waals surface area contributed by atoms with Crippen molar-refractivity contribution in [3.8, 4) is 0 Å². The Labute approximate surface area is 190 Å². The SMILES string of the molecule is C[C@H](Nc1nc(Nc2ccccc2)nc(Nc2ccccc2)n1)C(=O)Nc1ccc(F)cc1. The molecule has 166 valence electrons. The minimum Gasteiger partial charge on any atom is -0.342 e. The van der Waals surface area contributed by atoms with E-state index in [9.17, 15) is 9.18 Å². The smallest absolute Gasteiger partial charge is 0.246 e. The van der Waals surface area contributed by atoms with Crippen molar-refractivity contribution in [3.05, 3.63) is 90.7 Å². The van der Waals surface area contributed by atoms with Gasteiger partial charge in [-0.3, -0.25) is 4.79 Å². The third-order valence-electron chi connectivity index (χ3n) is 4.55. The zero-order valence-corrected chi connectivity index (χ0v) is 17.8. The van der Waals surface area contributed by atoms with Crippen LogP contribution in [0.4, 0.5) is 39.3 Å². The summed E-state index contributed by atoms with van der Waals surface area (Å²) in [5.74, 6) is 0.133. The number of benzene rings is 3. The van der Waals surface area contributed by atoms with Gasteiger partial charge in [0.15, 0.2) is 0 Å². The highest BCUT2D eigenvalue weighted by Crippen LogP contribution is 2.19. The fraction of sp³-hybridized carbons (Fsp3) is 0.0833. The van der Waals surface area contributed by atoms with Crippen molar-refractivity contribution in [3.63, 3.8) is 0 Å². The molecule has 3 aromatic carbocycles. The Kier molecular flexibility index (Phi) is 6.70. The van der Waals surface area contributed by atoms with Crippen LogP contribution in [0.3, 0.4) is 0 Å². The first-order chi connectivity index (χ1) is 16.0. The lowest BCUT2D eigenvalue weighted by molar-refractivity contribution is -0.116. The van der Waals surface area contributed by atoms with Gasteiger partial charge in [-0.25, -0.2) is 4.39 Å². The summed E-state index contributed by atoms with van der Waals surface area (Å²) in [6.07, 6.45) is 0. The van der Waals surface area contributed by atoms with E-state index in [1.54, 1.807) is 6.92 Å². The maximum Gasteiger partial charge on any atom is 0.246 e. The molecule has 1 aromatic heterocycles. The van der Waals surface area contributed by atoms with Gasteiger partial charge in [0.1, 0.15) is 11.9 Å². The topological polar surface area (TPSA) is 104 Å². The van der Waals surface area contributed by atoms with Crippen molar-refractivity contribution in [1.82, 2.24) is 15.0 Å². The summed E-state index contributed by atoms with van der Waals surface area (Å²) in [6.45, 7) is 1.68. The number of hydrogen-bond donors (Lipinski definition) is 4. The highest BCUT2D eigenvalue weighted by molar-refractivity contribution is 5.96. The number of halogens is 1. The van der Waals surface area contributed by atoms with Crippen LogP contribution in [0, 0.1) is 5.82 Å². The molecule has 4 N–H and O–H groups in total. The molecule has 0 spiro atoms. The lowest BCUT2D eigenvalue weighted by Gasteiger charge is -2.16. The zero-order chi connectivity index (χ0) is 23.0. The number of amides is 1. The lowest BCUT2D eigenvalue weighted by Crippen LogP contribution is -2.32. The normalized spacial score (nSPS) is 11.3. The molecule has 0 fully saturated rings. The van der Waals surface area contributed by atoms with Gasteiger partial charge in [-0.05, 0) is 55.5 Å². The van der Waals surface area contributed by atoms with Crippen molar-refractivity contribution in [2.45, 2.75) is 13.0 Å². The van der Waals surface area contributed by atoms with Crippen molar-refractivity contribution in [2.75, 3.05) is 21.3 Å². The fourth-order valence-electron chi connectivity index (χ4n) is 2.90. The van der Waals surface area contributed by atoms with Crippen LogP contribution in [0.15, 0.2) is 84.9 Å². The molecule has 0 saturated heterocycles. The number of nitrogens with one attached hydrogen (secondary N) is 4. The molecule has 8 nitrogen and oxygen atoms in total. The van der Waals surface area contributed by atoms with Gasteiger partial charge >= 0.3 is 0 Å². The summed E-state index contributed by atoms with van der Waals surface area (Å²) < 4.78 is 13.1. The number of para-hydroxylation sites is 2. The molecule has 0 unspecified atom stereocenters. The average molecular weight is 443 g/mol. The van der Waals surface area contributed by atoms with Crippen LogP contribution in [0.25, 0.3) is 0 Å². The van der Waals surface area contributed by atoms with E-state index in [0.29, 0.717) is 17.6 Å². The predicted octanol–water partition coefficient (Wildman–Crippen LogP) is 4.94. The zero-order valence-electron chi connectivity index (χ0n) is 17.8. The number of anilines is 6. The molecule has 4 rings (SSSR count). The Balaban J connectivity index is 1.53. The third kappa shape index (κ3) is 6.23. The Morgan fingerprint density at radius 2 is 1.18 bits per heavy atom. The fourth-order valence-corrected chi connectivity index (χ4v) is 2.90. The van der Waals surface area contributed by atoms with Gasteiger partial charge in [0.25, 0.3) is 0 Å². The van der Waals surface area contributed by atoms with Gasteiger partial charge < -0.3 is 21.3 Å². The molecule has 0 aliphatic heterocycles. The monoisotopic (exact) mass is 443 g/mol. The first-order valence-electron chi connectivity index (χ1n) is 10.3. The summed E-state index contributed by atoms with van der Waals surface area (Å²) in [5, 5.41) is 12.0. The molecule has 0 aliphatic rings. The van der Waals surface area contributed by atoms with Gasteiger partial charge in [0.2, 0.25) is 23.8 Å². The maximum absolute atomic E-state index is 13.1. The highest BCUT2D eigenvalue weighted by atomic mass is 19.1. The maximum atomic E-state index is 13.1. The second-order valence-electron chi connectivity index (χ2n) is 7.15. The van der Waals surface area contributed by atoms with Gasteiger partial charge in [-0.1, -0.05) is 36.4 Å². The molecule has 1 atom stereocenters. The summed E-state index contributed by atoms with van der Waals surface area (Å²) in [5.41, 5.74) is 2.10. The molecule has 0 aliphatic carbocycles. The van der Waals surface area contributed by atoms with E-state index >= 15 is 0 Å². The van der Waals surface area contributed by atoms with Crippen LogP contribution in [-0.2, 0) is 4.79 Å². The molecule has 0 radical (unpaired) electrons. The number of carbonyl (C=O) groups is 1.